The van der Waals surface area contributed by atoms with Crippen LogP contribution in [0, 0.1) is 6.92 Å². The number of para-hydroxylation sites is 1. The van der Waals surface area contributed by atoms with Gasteiger partial charge in [-0.05, 0) is 43.7 Å². The first-order valence-corrected chi connectivity index (χ1v) is 7.64. The third-order valence-corrected chi connectivity index (χ3v) is 3.33. The van der Waals surface area contributed by atoms with Crippen molar-refractivity contribution in [3.05, 3.63) is 59.4 Å². The van der Waals surface area contributed by atoms with Crippen LogP contribution in [-0.2, 0) is 0 Å². The lowest BCUT2D eigenvalue weighted by atomic mass is 10.0. The second-order valence-electron chi connectivity index (χ2n) is 5.14. The molecule has 0 saturated carbocycles. The van der Waals surface area contributed by atoms with Gasteiger partial charge in [0.25, 0.3) is 0 Å². The molecule has 0 aliphatic heterocycles. The van der Waals surface area contributed by atoms with Crippen molar-refractivity contribution >= 4 is 0 Å². The summed E-state index contributed by atoms with van der Waals surface area (Å²) in [5, 5.41) is 3.52. The van der Waals surface area contributed by atoms with E-state index in [1.165, 1.54) is 5.56 Å². The van der Waals surface area contributed by atoms with Crippen LogP contribution in [0.3, 0.4) is 0 Å². The summed E-state index contributed by atoms with van der Waals surface area (Å²) in [6, 6.07) is 12.4. The molecule has 0 aliphatic carbocycles. The van der Waals surface area contributed by atoms with Crippen LogP contribution >= 0.6 is 0 Å². The Kier molecular flexibility index (Phi) is 5.76. The fraction of sp³-hybridized carbons (Fsp3) is 0.389. The zero-order chi connectivity index (χ0) is 15.1. The van der Waals surface area contributed by atoms with Crippen molar-refractivity contribution in [2.24, 2.45) is 0 Å². The monoisotopic (exact) mass is 284 g/mol. The van der Waals surface area contributed by atoms with Crippen LogP contribution < -0.4 is 10.1 Å². The van der Waals surface area contributed by atoms with Gasteiger partial charge in [-0.1, -0.05) is 32.0 Å². The number of nitrogens with one attached hydrogen (secondary N) is 1. The highest BCUT2D eigenvalue weighted by Gasteiger charge is 2.18. The number of ether oxygens (including phenoxy) is 1. The van der Waals surface area contributed by atoms with Gasteiger partial charge in [0.1, 0.15) is 5.75 Å². The summed E-state index contributed by atoms with van der Waals surface area (Å²) in [5.41, 5.74) is 3.39. The standard InChI is InChI=1S/C18H24N2O/c1-4-12-21-17-9-7-6-8-15(17)18(19-5-2)16-13-14(3)10-11-20-16/h6-11,13,18-19H,4-5,12H2,1-3H3. The van der Waals surface area contributed by atoms with Crippen LogP contribution in [0.5, 0.6) is 5.75 Å². The Labute approximate surface area is 127 Å². The summed E-state index contributed by atoms with van der Waals surface area (Å²) in [6.45, 7) is 7.93. The maximum absolute atomic E-state index is 5.90. The predicted molar refractivity (Wildman–Crippen MR) is 86.7 cm³/mol. The third kappa shape index (κ3) is 4.05. The summed E-state index contributed by atoms with van der Waals surface area (Å²) in [4.78, 5) is 4.54. The molecule has 3 nitrogen and oxygen atoms in total. The van der Waals surface area contributed by atoms with Crippen LogP contribution in [0.4, 0.5) is 0 Å². The van der Waals surface area contributed by atoms with Gasteiger partial charge in [0, 0.05) is 11.8 Å². The molecule has 3 heteroatoms. The number of nitrogens with zero attached hydrogens (tertiary/aromatic N) is 1. The molecule has 2 rings (SSSR count). The van der Waals surface area contributed by atoms with Crippen LogP contribution in [-0.4, -0.2) is 18.1 Å². The van der Waals surface area contributed by atoms with Gasteiger partial charge < -0.3 is 10.1 Å². The summed E-state index contributed by atoms with van der Waals surface area (Å²) < 4.78 is 5.90. The lowest BCUT2D eigenvalue weighted by Crippen LogP contribution is -2.23. The summed E-state index contributed by atoms with van der Waals surface area (Å²) in [5.74, 6) is 0.939. The van der Waals surface area contributed by atoms with E-state index < -0.39 is 0 Å². The molecule has 1 heterocycles. The molecule has 1 unspecified atom stereocenters. The first-order valence-electron chi connectivity index (χ1n) is 7.64. The van der Waals surface area contributed by atoms with E-state index in [9.17, 15) is 0 Å². The lowest BCUT2D eigenvalue weighted by Gasteiger charge is -2.21. The van der Waals surface area contributed by atoms with E-state index >= 15 is 0 Å². The molecule has 1 aromatic carbocycles. The van der Waals surface area contributed by atoms with E-state index in [0.717, 1.165) is 36.6 Å². The van der Waals surface area contributed by atoms with E-state index in [1.54, 1.807) is 0 Å². The lowest BCUT2D eigenvalue weighted by molar-refractivity contribution is 0.311. The van der Waals surface area contributed by atoms with Crippen molar-refractivity contribution in [1.29, 1.82) is 0 Å². The zero-order valence-corrected chi connectivity index (χ0v) is 13.1. The smallest absolute Gasteiger partial charge is 0.124 e. The number of hydrogen-bond acceptors (Lipinski definition) is 3. The Bertz CT molecular complexity index is 569. The highest BCUT2D eigenvalue weighted by molar-refractivity contribution is 5.40. The van der Waals surface area contributed by atoms with Crippen LogP contribution in [0.1, 0.15) is 43.1 Å². The number of pyridine rings is 1. The molecule has 0 bridgehead atoms. The Hall–Kier alpha value is -1.87. The number of aryl methyl sites for hydroxylation is 1. The number of aromatic nitrogens is 1. The number of benzene rings is 1. The van der Waals surface area contributed by atoms with Gasteiger partial charge in [0.15, 0.2) is 0 Å². The Morgan fingerprint density at radius 3 is 2.71 bits per heavy atom. The molecule has 0 spiro atoms. The van der Waals surface area contributed by atoms with Crippen molar-refractivity contribution in [3.63, 3.8) is 0 Å². The highest BCUT2D eigenvalue weighted by Crippen LogP contribution is 2.29. The topological polar surface area (TPSA) is 34.1 Å². The molecule has 2 aromatic rings. The average Bonchev–Trinajstić information content (AvgIpc) is 2.51. The first kappa shape index (κ1) is 15.5. The first-order chi connectivity index (χ1) is 10.3. The number of rotatable bonds is 7. The van der Waals surface area contributed by atoms with E-state index in [0.29, 0.717) is 0 Å². The SMILES string of the molecule is CCCOc1ccccc1C(NCC)c1cc(C)ccn1. The van der Waals surface area contributed by atoms with Gasteiger partial charge in [-0.2, -0.15) is 0 Å². The van der Waals surface area contributed by atoms with Gasteiger partial charge >= 0.3 is 0 Å². The van der Waals surface area contributed by atoms with Crippen molar-refractivity contribution in [1.82, 2.24) is 10.3 Å². The van der Waals surface area contributed by atoms with Gasteiger partial charge in [-0.15, -0.1) is 0 Å². The largest absolute Gasteiger partial charge is 0.493 e. The Balaban J connectivity index is 2.38. The quantitative estimate of drug-likeness (QED) is 0.838. The zero-order valence-electron chi connectivity index (χ0n) is 13.1. The maximum atomic E-state index is 5.90. The van der Waals surface area contributed by atoms with Crippen molar-refractivity contribution < 1.29 is 4.74 Å². The van der Waals surface area contributed by atoms with Crippen LogP contribution in [0.15, 0.2) is 42.6 Å². The number of hydrogen-bond donors (Lipinski definition) is 1. The summed E-state index contributed by atoms with van der Waals surface area (Å²) in [6.07, 6.45) is 2.87. The van der Waals surface area contributed by atoms with E-state index in [4.69, 9.17) is 4.74 Å². The summed E-state index contributed by atoms with van der Waals surface area (Å²) in [7, 11) is 0. The Morgan fingerprint density at radius 1 is 1.19 bits per heavy atom. The van der Waals surface area contributed by atoms with Crippen LogP contribution in [0.25, 0.3) is 0 Å². The minimum atomic E-state index is 0.0583. The predicted octanol–water partition coefficient (Wildman–Crippen LogP) is 3.88. The molecular weight excluding hydrogens is 260 g/mol. The molecule has 112 valence electrons. The minimum absolute atomic E-state index is 0.0583. The molecule has 0 fully saturated rings. The van der Waals surface area contributed by atoms with E-state index in [1.807, 2.05) is 30.5 Å². The Morgan fingerprint density at radius 2 is 2.00 bits per heavy atom. The minimum Gasteiger partial charge on any atom is -0.493 e. The second kappa shape index (κ2) is 7.79. The fourth-order valence-corrected chi connectivity index (χ4v) is 2.36. The molecule has 1 aromatic heterocycles. The van der Waals surface area contributed by atoms with E-state index in [-0.39, 0.29) is 6.04 Å². The van der Waals surface area contributed by atoms with Gasteiger partial charge in [0.05, 0.1) is 18.3 Å². The summed E-state index contributed by atoms with van der Waals surface area (Å²) >= 11 is 0. The molecule has 0 saturated heterocycles. The molecule has 0 aliphatic rings. The van der Waals surface area contributed by atoms with Crippen molar-refractivity contribution in [2.75, 3.05) is 13.2 Å². The van der Waals surface area contributed by atoms with E-state index in [2.05, 4.69) is 43.2 Å². The molecular formula is C18H24N2O. The molecule has 1 N–H and O–H groups in total. The molecule has 1 atom stereocenters. The highest BCUT2D eigenvalue weighted by atomic mass is 16.5. The second-order valence-corrected chi connectivity index (χ2v) is 5.14. The normalized spacial score (nSPS) is 12.1. The fourth-order valence-electron chi connectivity index (χ4n) is 2.36. The van der Waals surface area contributed by atoms with Gasteiger partial charge in [-0.3, -0.25) is 4.98 Å². The molecule has 21 heavy (non-hydrogen) atoms. The molecule has 0 amide bonds. The maximum Gasteiger partial charge on any atom is 0.124 e. The van der Waals surface area contributed by atoms with Crippen molar-refractivity contribution in [2.45, 2.75) is 33.2 Å². The molecule has 0 radical (unpaired) electrons. The third-order valence-electron chi connectivity index (χ3n) is 3.33. The van der Waals surface area contributed by atoms with Crippen molar-refractivity contribution in [3.8, 4) is 5.75 Å². The van der Waals surface area contributed by atoms with Crippen LogP contribution in [0.2, 0.25) is 0 Å². The van der Waals surface area contributed by atoms with Gasteiger partial charge in [0.2, 0.25) is 0 Å². The average molecular weight is 284 g/mol. The van der Waals surface area contributed by atoms with Gasteiger partial charge in [-0.25, -0.2) is 0 Å².